The van der Waals surface area contributed by atoms with Crippen LogP contribution in [0.2, 0.25) is 0 Å². The van der Waals surface area contributed by atoms with E-state index in [0.717, 1.165) is 37.9 Å². The number of rotatable bonds is 5. The van der Waals surface area contributed by atoms with Crippen LogP contribution in [0, 0.1) is 11.8 Å². The lowest BCUT2D eigenvalue weighted by Crippen LogP contribution is -2.27. The predicted octanol–water partition coefficient (Wildman–Crippen LogP) is 3.61. The minimum absolute atomic E-state index is 0.0600. The van der Waals surface area contributed by atoms with E-state index in [1.54, 1.807) is 0 Å². The van der Waals surface area contributed by atoms with Gasteiger partial charge in [0.2, 0.25) is 0 Å². The lowest BCUT2D eigenvalue weighted by molar-refractivity contribution is -0.147. The molecule has 110 valence electrons. The molecule has 0 aliphatic heterocycles. The molecule has 0 amide bonds. The predicted molar refractivity (Wildman–Crippen MR) is 78.8 cm³/mol. The van der Waals surface area contributed by atoms with Crippen LogP contribution in [0.3, 0.4) is 0 Å². The van der Waals surface area contributed by atoms with Crippen molar-refractivity contribution in [1.82, 2.24) is 0 Å². The van der Waals surface area contributed by atoms with E-state index in [0.29, 0.717) is 12.5 Å². The molecule has 0 spiro atoms. The molecule has 0 aromatic heterocycles. The first-order valence-electron chi connectivity index (χ1n) is 7.52. The lowest BCUT2D eigenvalue weighted by atomic mass is 9.82. The van der Waals surface area contributed by atoms with E-state index in [-0.39, 0.29) is 11.9 Å². The summed E-state index contributed by atoms with van der Waals surface area (Å²) < 4.78 is 10.7. The third-order valence-corrected chi connectivity index (χ3v) is 4.13. The highest BCUT2D eigenvalue weighted by molar-refractivity contribution is 5.72. The van der Waals surface area contributed by atoms with E-state index in [4.69, 9.17) is 9.47 Å². The molecule has 1 saturated carbocycles. The minimum Gasteiger partial charge on any atom is -0.493 e. The average Bonchev–Trinajstić information content (AvgIpc) is 2.53. The van der Waals surface area contributed by atoms with Crippen LogP contribution in [-0.2, 0) is 16.0 Å². The smallest absolute Gasteiger partial charge is 0.308 e. The van der Waals surface area contributed by atoms with Crippen molar-refractivity contribution in [1.29, 1.82) is 0 Å². The van der Waals surface area contributed by atoms with Crippen LogP contribution in [0.25, 0.3) is 0 Å². The second-order valence-corrected chi connectivity index (χ2v) is 5.56. The summed E-state index contributed by atoms with van der Waals surface area (Å²) in [6.07, 6.45) is 5.11. The molecule has 3 nitrogen and oxygen atoms in total. The fraction of sp³-hybridized carbons (Fsp3) is 0.588. The van der Waals surface area contributed by atoms with Crippen LogP contribution in [-0.4, -0.2) is 19.7 Å². The summed E-state index contributed by atoms with van der Waals surface area (Å²) in [5.41, 5.74) is 1.32. The minimum atomic E-state index is -0.0676. The quantitative estimate of drug-likeness (QED) is 0.771. The fourth-order valence-electron chi connectivity index (χ4n) is 2.86. The molecule has 2 rings (SSSR count). The van der Waals surface area contributed by atoms with Gasteiger partial charge in [-0.15, -0.1) is 0 Å². The summed E-state index contributed by atoms with van der Waals surface area (Å²) in [5, 5.41) is 0. The van der Waals surface area contributed by atoms with Crippen LogP contribution in [0.4, 0.5) is 0 Å². The second kappa shape index (κ2) is 7.32. The van der Waals surface area contributed by atoms with Gasteiger partial charge in [0.05, 0.1) is 19.6 Å². The Morgan fingerprint density at radius 3 is 2.65 bits per heavy atom. The molecule has 1 aromatic rings. The highest BCUT2D eigenvalue weighted by Crippen LogP contribution is 2.30. The van der Waals surface area contributed by atoms with Crippen molar-refractivity contribution in [3.8, 4) is 5.75 Å². The zero-order valence-electron chi connectivity index (χ0n) is 12.4. The van der Waals surface area contributed by atoms with Crippen molar-refractivity contribution < 1.29 is 14.3 Å². The number of carbonyl (C=O) groups excluding carboxylic acids is 1. The maximum atomic E-state index is 11.6. The molecule has 20 heavy (non-hydrogen) atoms. The summed E-state index contributed by atoms with van der Waals surface area (Å²) in [6.45, 7) is 2.84. The summed E-state index contributed by atoms with van der Waals surface area (Å²) in [7, 11) is 1.47. The second-order valence-electron chi connectivity index (χ2n) is 5.56. The monoisotopic (exact) mass is 276 g/mol. The maximum absolute atomic E-state index is 11.6. The van der Waals surface area contributed by atoms with E-state index in [2.05, 4.69) is 19.1 Å². The van der Waals surface area contributed by atoms with Crippen LogP contribution >= 0.6 is 0 Å². The number of esters is 1. The molecule has 3 heteroatoms. The first kappa shape index (κ1) is 14.9. The summed E-state index contributed by atoms with van der Waals surface area (Å²) in [4.78, 5) is 11.6. The Morgan fingerprint density at radius 1 is 1.25 bits per heavy atom. The van der Waals surface area contributed by atoms with Crippen molar-refractivity contribution in [2.75, 3.05) is 13.7 Å². The Kier molecular flexibility index (Phi) is 5.45. The van der Waals surface area contributed by atoms with Crippen LogP contribution in [0.1, 0.15) is 38.2 Å². The van der Waals surface area contributed by atoms with Gasteiger partial charge in [0.15, 0.2) is 0 Å². The fourth-order valence-corrected chi connectivity index (χ4v) is 2.86. The Labute approximate surface area is 121 Å². The molecule has 0 unspecified atom stereocenters. The molecule has 1 aromatic carbocycles. The van der Waals surface area contributed by atoms with Gasteiger partial charge in [0.1, 0.15) is 5.75 Å². The lowest BCUT2D eigenvalue weighted by Gasteiger charge is -2.27. The number of benzene rings is 1. The molecule has 0 heterocycles. The van der Waals surface area contributed by atoms with E-state index in [1.807, 2.05) is 12.1 Å². The zero-order chi connectivity index (χ0) is 14.4. The molecule has 1 aliphatic rings. The average molecular weight is 276 g/mol. The van der Waals surface area contributed by atoms with Crippen molar-refractivity contribution in [2.24, 2.45) is 11.8 Å². The SMILES string of the molecule is CCc1ccc(OC[C@@H]2CCC[C@H](C(=O)OC)C2)cc1. The van der Waals surface area contributed by atoms with Gasteiger partial charge >= 0.3 is 5.97 Å². The number of methoxy groups -OCH3 is 1. The highest BCUT2D eigenvalue weighted by Gasteiger charge is 2.28. The van der Waals surface area contributed by atoms with E-state index in [9.17, 15) is 4.79 Å². The van der Waals surface area contributed by atoms with Gasteiger partial charge in [-0.2, -0.15) is 0 Å². The normalized spacial score (nSPS) is 22.3. The van der Waals surface area contributed by atoms with Gasteiger partial charge < -0.3 is 9.47 Å². The Hall–Kier alpha value is -1.51. The Bertz CT molecular complexity index is 424. The van der Waals surface area contributed by atoms with Gasteiger partial charge in [-0.05, 0) is 49.3 Å². The number of hydrogen-bond acceptors (Lipinski definition) is 3. The van der Waals surface area contributed by atoms with Gasteiger partial charge in [-0.3, -0.25) is 4.79 Å². The summed E-state index contributed by atoms with van der Waals surface area (Å²) >= 11 is 0. The first-order valence-corrected chi connectivity index (χ1v) is 7.52. The number of hydrogen-bond donors (Lipinski definition) is 0. The van der Waals surface area contributed by atoms with Crippen molar-refractivity contribution in [2.45, 2.75) is 39.0 Å². The van der Waals surface area contributed by atoms with Gasteiger partial charge in [-0.25, -0.2) is 0 Å². The van der Waals surface area contributed by atoms with E-state index >= 15 is 0 Å². The highest BCUT2D eigenvalue weighted by atomic mass is 16.5. The molecule has 0 radical (unpaired) electrons. The van der Waals surface area contributed by atoms with E-state index < -0.39 is 0 Å². The Morgan fingerprint density at radius 2 is 2.00 bits per heavy atom. The number of carbonyl (C=O) groups is 1. The van der Waals surface area contributed by atoms with E-state index in [1.165, 1.54) is 12.7 Å². The molecule has 1 aliphatic carbocycles. The zero-order valence-corrected chi connectivity index (χ0v) is 12.4. The first-order chi connectivity index (χ1) is 9.72. The largest absolute Gasteiger partial charge is 0.493 e. The summed E-state index contributed by atoms with van der Waals surface area (Å²) in [6, 6.07) is 8.26. The molecule has 0 N–H and O–H groups in total. The molecule has 2 atom stereocenters. The third-order valence-electron chi connectivity index (χ3n) is 4.13. The topological polar surface area (TPSA) is 35.5 Å². The standard InChI is InChI=1S/C17H24O3/c1-3-13-7-9-16(10-8-13)20-12-14-5-4-6-15(11-14)17(18)19-2/h7-10,14-15H,3-6,11-12H2,1-2H3/t14-,15+/m1/s1. The number of aryl methyl sites for hydroxylation is 1. The molecule has 1 fully saturated rings. The van der Waals surface area contributed by atoms with Gasteiger partial charge in [0.25, 0.3) is 0 Å². The van der Waals surface area contributed by atoms with Crippen molar-refractivity contribution in [3.05, 3.63) is 29.8 Å². The Balaban J connectivity index is 1.82. The number of ether oxygens (including phenoxy) is 2. The van der Waals surface area contributed by atoms with Gasteiger partial charge in [-0.1, -0.05) is 25.5 Å². The molecular formula is C17H24O3. The van der Waals surface area contributed by atoms with Crippen molar-refractivity contribution >= 4 is 5.97 Å². The molecule has 0 saturated heterocycles. The molecule has 0 bridgehead atoms. The summed E-state index contributed by atoms with van der Waals surface area (Å²) in [5.74, 6) is 1.37. The van der Waals surface area contributed by atoms with Crippen LogP contribution < -0.4 is 4.74 Å². The molecular weight excluding hydrogens is 252 g/mol. The van der Waals surface area contributed by atoms with Gasteiger partial charge in [0, 0.05) is 0 Å². The van der Waals surface area contributed by atoms with Crippen LogP contribution in [0.5, 0.6) is 5.75 Å². The maximum Gasteiger partial charge on any atom is 0.308 e. The van der Waals surface area contributed by atoms with Crippen molar-refractivity contribution in [3.63, 3.8) is 0 Å². The third kappa shape index (κ3) is 3.99. The van der Waals surface area contributed by atoms with Crippen LogP contribution in [0.15, 0.2) is 24.3 Å².